The maximum absolute atomic E-state index is 5.85. The summed E-state index contributed by atoms with van der Waals surface area (Å²) >= 11 is 0. The zero-order valence-electron chi connectivity index (χ0n) is 8.13. The van der Waals surface area contributed by atoms with Gasteiger partial charge in [-0.05, 0) is 49.5 Å². The molecule has 12 heavy (non-hydrogen) atoms. The highest BCUT2D eigenvalue weighted by Crippen LogP contribution is 2.48. The second-order valence-corrected chi connectivity index (χ2v) is 4.74. The van der Waals surface area contributed by atoms with Crippen LogP contribution < -0.4 is 5.73 Å². The van der Waals surface area contributed by atoms with Crippen molar-refractivity contribution in [1.29, 1.82) is 0 Å². The smallest absolute Gasteiger partial charge is 0.00436 e. The van der Waals surface area contributed by atoms with Gasteiger partial charge in [0, 0.05) is 0 Å². The molecule has 2 aliphatic carbocycles. The van der Waals surface area contributed by atoms with Gasteiger partial charge in [-0.15, -0.1) is 0 Å². The maximum atomic E-state index is 5.85. The highest BCUT2D eigenvalue weighted by atomic mass is 14.6. The van der Waals surface area contributed by atoms with E-state index in [1.54, 1.807) is 0 Å². The molecule has 2 rings (SSSR count). The molecule has 0 aromatic heterocycles. The van der Waals surface area contributed by atoms with Gasteiger partial charge in [-0.25, -0.2) is 0 Å². The molecule has 2 fully saturated rings. The number of fused-ring (bicyclic) bond motifs is 2. The van der Waals surface area contributed by atoms with Crippen molar-refractivity contribution in [3.05, 3.63) is 0 Å². The Bertz CT molecular complexity index is 155. The molecule has 1 heteroatoms. The van der Waals surface area contributed by atoms with Crippen LogP contribution in [0.4, 0.5) is 0 Å². The largest absolute Gasteiger partial charge is 0.330 e. The fourth-order valence-electron chi connectivity index (χ4n) is 3.56. The van der Waals surface area contributed by atoms with Gasteiger partial charge in [0.05, 0.1) is 0 Å². The summed E-state index contributed by atoms with van der Waals surface area (Å²) in [5, 5.41) is 0. The SMILES string of the molecule is CCC1CC2CCC(C2)[C@H]1CN. The van der Waals surface area contributed by atoms with E-state index in [1.165, 1.54) is 32.1 Å². The first-order valence-electron chi connectivity index (χ1n) is 5.55. The first kappa shape index (κ1) is 8.55. The van der Waals surface area contributed by atoms with E-state index in [1.807, 2.05) is 0 Å². The average molecular weight is 167 g/mol. The lowest BCUT2D eigenvalue weighted by atomic mass is 9.71. The third-order valence-corrected chi connectivity index (χ3v) is 4.23. The monoisotopic (exact) mass is 167 g/mol. The average Bonchev–Trinajstić information content (AvgIpc) is 2.48. The van der Waals surface area contributed by atoms with E-state index in [4.69, 9.17) is 5.73 Å². The van der Waals surface area contributed by atoms with Crippen molar-refractivity contribution in [3.8, 4) is 0 Å². The molecule has 2 bridgehead atoms. The molecule has 0 amide bonds. The predicted octanol–water partition coefficient (Wildman–Crippen LogP) is 2.41. The second kappa shape index (κ2) is 3.37. The van der Waals surface area contributed by atoms with Crippen molar-refractivity contribution in [3.63, 3.8) is 0 Å². The minimum atomic E-state index is 0.869. The molecule has 4 atom stereocenters. The number of rotatable bonds is 2. The molecule has 1 nitrogen and oxygen atoms in total. The standard InChI is InChI=1S/C11H21N/c1-2-9-5-8-3-4-10(6-8)11(9)7-12/h8-11H,2-7,12H2,1H3/t8?,9?,10?,11-/m0/s1. The van der Waals surface area contributed by atoms with Gasteiger partial charge in [0.1, 0.15) is 0 Å². The molecular formula is C11H21N. The Morgan fingerprint density at radius 3 is 2.75 bits per heavy atom. The van der Waals surface area contributed by atoms with E-state index < -0.39 is 0 Å². The van der Waals surface area contributed by atoms with Crippen LogP contribution in [0.1, 0.15) is 39.0 Å². The highest BCUT2D eigenvalue weighted by Gasteiger charge is 2.39. The molecule has 0 heterocycles. The predicted molar refractivity (Wildman–Crippen MR) is 51.8 cm³/mol. The van der Waals surface area contributed by atoms with Crippen molar-refractivity contribution in [1.82, 2.24) is 0 Å². The van der Waals surface area contributed by atoms with Crippen LogP contribution in [0.25, 0.3) is 0 Å². The minimum Gasteiger partial charge on any atom is -0.330 e. The van der Waals surface area contributed by atoms with E-state index >= 15 is 0 Å². The van der Waals surface area contributed by atoms with Crippen LogP contribution >= 0.6 is 0 Å². The van der Waals surface area contributed by atoms with Crippen LogP contribution in [-0.2, 0) is 0 Å². The first-order chi connectivity index (χ1) is 5.85. The van der Waals surface area contributed by atoms with E-state index in [9.17, 15) is 0 Å². The molecule has 0 aromatic carbocycles. The molecule has 70 valence electrons. The zero-order chi connectivity index (χ0) is 8.55. The van der Waals surface area contributed by atoms with Gasteiger partial charge in [0.25, 0.3) is 0 Å². The third-order valence-electron chi connectivity index (χ3n) is 4.23. The Hall–Kier alpha value is -0.0400. The number of hydrogen-bond acceptors (Lipinski definition) is 1. The molecule has 0 aromatic rings. The Balaban J connectivity index is 2.06. The molecule has 0 aliphatic heterocycles. The van der Waals surface area contributed by atoms with E-state index in [-0.39, 0.29) is 0 Å². The molecular weight excluding hydrogens is 146 g/mol. The van der Waals surface area contributed by atoms with Gasteiger partial charge >= 0.3 is 0 Å². The van der Waals surface area contributed by atoms with Gasteiger partial charge < -0.3 is 5.73 Å². The molecule has 2 N–H and O–H groups in total. The van der Waals surface area contributed by atoms with Crippen LogP contribution in [0, 0.1) is 23.7 Å². The number of hydrogen-bond donors (Lipinski definition) is 1. The van der Waals surface area contributed by atoms with Crippen molar-refractivity contribution < 1.29 is 0 Å². The van der Waals surface area contributed by atoms with E-state index in [0.29, 0.717) is 0 Å². The summed E-state index contributed by atoms with van der Waals surface area (Å²) in [7, 11) is 0. The molecule has 3 unspecified atom stereocenters. The molecule has 2 saturated carbocycles. The molecule has 0 spiro atoms. The second-order valence-electron chi connectivity index (χ2n) is 4.74. The summed E-state index contributed by atoms with van der Waals surface area (Å²) in [4.78, 5) is 0. The fraction of sp³-hybridized carbons (Fsp3) is 1.00. The summed E-state index contributed by atoms with van der Waals surface area (Å²) in [6, 6.07) is 0. The summed E-state index contributed by atoms with van der Waals surface area (Å²) in [6.07, 6.45) is 7.31. The van der Waals surface area contributed by atoms with Crippen molar-refractivity contribution in [2.45, 2.75) is 39.0 Å². The van der Waals surface area contributed by atoms with Crippen molar-refractivity contribution >= 4 is 0 Å². The lowest BCUT2D eigenvalue weighted by molar-refractivity contribution is 0.157. The molecule has 2 aliphatic rings. The molecule has 0 radical (unpaired) electrons. The number of nitrogens with two attached hydrogens (primary N) is 1. The van der Waals surface area contributed by atoms with Crippen LogP contribution in [0.2, 0.25) is 0 Å². The lowest BCUT2D eigenvalue weighted by Gasteiger charge is -2.35. The quantitative estimate of drug-likeness (QED) is 0.671. The van der Waals surface area contributed by atoms with Crippen LogP contribution in [-0.4, -0.2) is 6.54 Å². The summed E-state index contributed by atoms with van der Waals surface area (Å²) in [5.41, 5.74) is 5.85. The minimum absolute atomic E-state index is 0.869. The van der Waals surface area contributed by atoms with Crippen LogP contribution in [0.5, 0.6) is 0 Å². The third kappa shape index (κ3) is 1.28. The topological polar surface area (TPSA) is 26.0 Å². The first-order valence-corrected chi connectivity index (χ1v) is 5.55. The Kier molecular flexibility index (Phi) is 2.40. The van der Waals surface area contributed by atoms with Gasteiger partial charge in [-0.1, -0.05) is 19.8 Å². The van der Waals surface area contributed by atoms with Gasteiger partial charge in [0.15, 0.2) is 0 Å². The van der Waals surface area contributed by atoms with E-state index in [0.717, 1.165) is 30.2 Å². The van der Waals surface area contributed by atoms with Crippen molar-refractivity contribution in [2.75, 3.05) is 6.54 Å². The normalized spacial score (nSPS) is 46.5. The lowest BCUT2D eigenvalue weighted by Crippen LogP contribution is -2.33. The summed E-state index contributed by atoms with van der Waals surface area (Å²) in [6.45, 7) is 3.27. The van der Waals surface area contributed by atoms with Gasteiger partial charge in [0.2, 0.25) is 0 Å². The molecule has 0 saturated heterocycles. The summed E-state index contributed by atoms with van der Waals surface area (Å²) < 4.78 is 0. The highest BCUT2D eigenvalue weighted by molar-refractivity contribution is 4.91. The Labute approximate surface area is 75.7 Å². The van der Waals surface area contributed by atoms with Crippen molar-refractivity contribution in [2.24, 2.45) is 29.4 Å². The Morgan fingerprint density at radius 2 is 2.08 bits per heavy atom. The fourth-order valence-corrected chi connectivity index (χ4v) is 3.56. The van der Waals surface area contributed by atoms with Gasteiger partial charge in [-0.3, -0.25) is 0 Å². The Morgan fingerprint density at radius 1 is 1.25 bits per heavy atom. The zero-order valence-corrected chi connectivity index (χ0v) is 8.13. The van der Waals surface area contributed by atoms with Gasteiger partial charge in [-0.2, -0.15) is 0 Å². The van der Waals surface area contributed by atoms with Crippen LogP contribution in [0.3, 0.4) is 0 Å². The van der Waals surface area contributed by atoms with E-state index in [2.05, 4.69) is 6.92 Å². The summed E-state index contributed by atoms with van der Waals surface area (Å²) in [5.74, 6) is 3.90. The van der Waals surface area contributed by atoms with Crippen LogP contribution in [0.15, 0.2) is 0 Å². The maximum Gasteiger partial charge on any atom is -0.00436 e.